The van der Waals surface area contributed by atoms with Gasteiger partial charge in [0.1, 0.15) is 17.1 Å². The van der Waals surface area contributed by atoms with Crippen LogP contribution in [-0.2, 0) is 0 Å². The molecule has 0 fully saturated rings. The molecule has 0 aromatic carbocycles. The molecule has 1 aromatic rings. The van der Waals surface area contributed by atoms with Crippen LogP contribution in [0, 0.1) is 6.92 Å². The Morgan fingerprint density at radius 3 is 2.68 bits per heavy atom. The molecule has 0 saturated carbocycles. The number of hydrogen-bond donors (Lipinski definition) is 1. The fraction of sp³-hybridized carbons (Fsp3) is 0.412. The van der Waals surface area contributed by atoms with Gasteiger partial charge in [-0.2, -0.15) is 0 Å². The molecule has 0 bridgehead atoms. The predicted molar refractivity (Wildman–Crippen MR) is 78.8 cm³/mol. The van der Waals surface area contributed by atoms with Crippen molar-refractivity contribution >= 4 is 5.57 Å². The standard InChI is InChI=1S/C17H22O2/c1-12(2)6-5-7-15-14(10-11-17(15,4)18)16-9-8-13(3)19-16/h6,8-11,18H,5,7H2,1-4H3. The largest absolute Gasteiger partial charge is 0.461 e. The molecular weight excluding hydrogens is 236 g/mol. The first-order valence-electron chi connectivity index (χ1n) is 6.75. The van der Waals surface area contributed by atoms with Crippen LogP contribution in [0.4, 0.5) is 0 Å². The number of aliphatic hydroxyl groups is 1. The molecule has 2 heteroatoms. The van der Waals surface area contributed by atoms with Crippen molar-refractivity contribution in [3.8, 4) is 0 Å². The van der Waals surface area contributed by atoms with Crippen molar-refractivity contribution in [2.75, 3.05) is 0 Å². The second kappa shape index (κ2) is 5.22. The first kappa shape index (κ1) is 13.9. The van der Waals surface area contributed by atoms with Gasteiger partial charge in [0, 0.05) is 5.57 Å². The molecule has 0 spiro atoms. The average Bonchev–Trinajstić information content (AvgIpc) is 2.84. The summed E-state index contributed by atoms with van der Waals surface area (Å²) >= 11 is 0. The number of allylic oxidation sites excluding steroid dienone is 4. The molecule has 0 aliphatic heterocycles. The Hall–Kier alpha value is -1.54. The number of aryl methyl sites for hydroxylation is 1. The average molecular weight is 258 g/mol. The van der Waals surface area contributed by atoms with Gasteiger partial charge in [0.05, 0.1) is 0 Å². The van der Waals surface area contributed by atoms with Crippen LogP contribution in [0.1, 0.15) is 45.1 Å². The van der Waals surface area contributed by atoms with E-state index in [1.54, 1.807) is 0 Å². The Bertz CT molecular complexity index is 550. The van der Waals surface area contributed by atoms with Crippen molar-refractivity contribution in [3.05, 3.63) is 53.0 Å². The topological polar surface area (TPSA) is 33.4 Å². The third-order valence-corrected chi connectivity index (χ3v) is 3.46. The molecule has 1 atom stereocenters. The molecule has 1 aliphatic rings. The van der Waals surface area contributed by atoms with Gasteiger partial charge in [0.2, 0.25) is 0 Å². The van der Waals surface area contributed by atoms with E-state index in [0.717, 1.165) is 35.5 Å². The highest BCUT2D eigenvalue weighted by Gasteiger charge is 2.30. The minimum Gasteiger partial charge on any atom is -0.461 e. The van der Waals surface area contributed by atoms with Gasteiger partial charge in [0.15, 0.2) is 0 Å². The maximum absolute atomic E-state index is 10.5. The summed E-state index contributed by atoms with van der Waals surface area (Å²) in [5, 5.41) is 10.5. The highest BCUT2D eigenvalue weighted by Crippen LogP contribution is 2.38. The molecule has 1 unspecified atom stereocenters. The fourth-order valence-corrected chi connectivity index (χ4v) is 2.42. The highest BCUT2D eigenvalue weighted by molar-refractivity contribution is 5.79. The second-order valence-electron chi connectivity index (χ2n) is 5.60. The van der Waals surface area contributed by atoms with E-state index in [2.05, 4.69) is 19.9 Å². The fourth-order valence-electron chi connectivity index (χ4n) is 2.42. The molecule has 102 valence electrons. The van der Waals surface area contributed by atoms with Crippen molar-refractivity contribution in [1.82, 2.24) is 0 Å². The summed E-state index contributed by atoms with van der Waals surface area (Å²) in [5.41, 5.74) is 2.52. The summed E-state index contributed by atoms with van der Waals surface area (Å²) < 4.78 is 5.68. The van der Waals surface area contributed by atoms with Crippen molar-refractivity contribution < 1.29 is 9.52 Å². The molecule has 1 heterocycles. The normalized spacial score (nSPS) is 22.2. The van der Waals surface area contributed by atoms with E-state index in [1.165, 1.54) is 5.57 Å². The first-order chi connectivity index (χ1) is 8.90. The van der Waals surface area contributed by atoms with Crippen molar-refractivity contribution in [3.63, 3.8) is 0 Å². The quantitative estimate of drug-likeness (QED) is 0.811. The van der Waals surface area contributed by atoms with Crippen LogP contribution in [0.25, 0.3) is 5.57 Å². The maximum Gasteiger partial charge on any atom is 0.134 e. The Morgan fingerprint density at radius 2 is 2.11 bits per heavy atom. The van der Waals surface area contributed by atoms with Gasteiger partial charge < -0.3 is 9.52 Å². The van der Waals surface area contributed by atoms with E-state index in [-0.39, 0.29) is 0 Å². The zero-order valence-electron chi connectivity index (χ0n) is 12.2. The summed E-state index contributed by atoms with van der Waals surface area (Å²) in [4.78, 5) is 0. The lowest BCUT2D eigenvalue weighted by Crippen LogP contribution is -2.21. The van der Waals surface area contributed by atoms with Crippen molar-refractivity contribution in [2.24, 2.45) is 0 Å². The molecule has 2 nitrogen and oxygen atoms in total. The molecule has 1 N–H and O–H groups in total. The van der Waals surface area contributed by atoms with E-state index < -0.39 is 5.60 Å². The van der Waals surface area contributed by atoms with E-state index in [9.17, 15) is 5.11 Å². The molecule has 19 heavy (non-hydrogen) atoms. The maximum atomic E-state index is 10.5. The van der Waals surface area contributed by atoms with Gasteiger partial charge >= 0.3 is 0 Å². The number of furan rings is 1. The summed E-state index contributed by atoms with van der Waals surface area (Å²) in [6, 6.07) is 3.92. The second-order valence-corrected chi connectivity index (χ2v) is 5.60. The lowest BCUT2D eigenvalue weighted by Gasteiger charge is -2.20. The summed E-state index contributed by atoms with van der Waals surface area (Å²) in [5.74, 6) is 1.74. The third-order valence-electron chi connectivity index (χ3n) is 3.46. The Morgan fingerprint density at radius 1 is 1.37 bits per heavy atom. The van der Waals surface area contributed by atoms with Crippen LogP contribution < -0.4 is 0 Å². The van der Waals surface area contributed by atoms with Crippen LogP contribution in [-0.4, -0.2) is 10.7 Å². The summed E-state index contributed by atoms with van der Waals surface area (Å²) in [7, 11) is 0. The van der Waals surface area contributed by atoms with Crippen LogP contribution in [0.15, 0.2) is 45.9 Å². The lowest BCUT2D eigenvalue weighted by atomic mass is 9.92. The molecular formula is C17H22O2. The SMILES string of the molecule is CC(C)=CCCC1=C(c2ccc(C)o2)C=CC1(C)O. The first-order valence-corrected chi connectivity index (χ1v) is 6.75. The summed E-state index contributed by atoms with van der Waals surface area (Å²) in [6.45, 7) is 7.96. The van der Waals surface area contributed by atoms with Gasteiger partial charge in [0.25, 0.3) is 0 Å². The zero-order chi connectivity index (χ0) is 14.0. The predicted octanol–water partition coefficient (Wildman–Crippen LogP) is 4.41. The molecule has 2 rings (SSSR count). The van der Waals surface area contributed by atoms with Crippen LogP contribution in [0.3, 0.4) is 0 Å². The summed E-state index contributed by atoms with van der Waals surface area (Å²) in [6.07, 6.45) is 7.81. The molecule has 1 aromatic heterocycles. The van der Waals surface area contributed by atoms with Gasteiger partial charge in [-0.15, -0.1) is 0 Å². The Balaban J connectivity index is 2.29. The molecule has 0 radical (unpaired) electrons. The van der Waals surface area contributed by atoms with Crippen molar-refractivity contribution in [1.29, 1.82) is 0 Å². The van der Waals surface area contributed by atoms with Gasteiger partial charge in [-0.25, -0.2) is 0 Å². The van der Waals surface area contributed by atoms with E-state index >= 15 is 0 Å². The van der Waals surface area contributed by atoms with Crippen LogP contribution in [0.2, 0.25) is 0 Å². The van der Waals surface area contributed by atoms with E-state index in [0.29, 0.717) is 0 Å². The van der Waals surface area contributed by atoms with E-state index in [1.807, 2.05) is 38.1 Å². The van der Waals surface area contributed by atoms with Crippen LogP contribution in [0.5, 0.6) is 0 Å². The number of rotatable bonds is 4. The van der Waals surface area contributed by atoms with Gasteiger partial charge in [-0.1, -0.05) is 17.7 Å². The van der Waals surface area contributed by atoms with Gasteiger partial charge in [-0.05, 0) is 64.3 Å². The molecule has 1 aliphatic carbocycles. The van der Waals surface area contributed by atoms with Crippen LogP contribution >= 0.6 is 0 Å². The Kier molecular flexibility index (Phi) is 3.81. The minimum atomic E-state index is -0.856. The Labute approximate surface area is 115 Å². The minimum absolute atomic E-state index is 0.846. The van der Waals surface area contributed by atoms with Gasteiger partial charge in [-0.3, -0.25) is 0 Å². The zero-order valence-corrected chi connectivity index (χ0v) is 12.2. The third kappa shape index (κ3) is 3.07. The molecule has 0 amide bonds. The number of hydrogen-bond acceptors (Lipinski definition) is 2. The smallest absolute Gasteiger partial charge is 0.134 e. The monoisotopic (exact) mass is 258 g/mol. The highest BCUT2D eigenvalue weighted by atomic mass is 16.3. The van der Waals surface area contributed by atoms with Crippen molar-refractivity contribution in [2.45, 2.75) is 46.1 Å². The van der Waals surface area contributed by atoms with E-state index in [4.69, 9.17) is 4.42 Å². The lowest BCUT2D eigenvalue weighted by molar-refractivity contribution is 0.150. The molecule has 0 saturated heterocycles.